The summed E-state index contributed by atoms with van der Waals surface area (Å²) in [6.45, 7) is 0. The summed E-state index contributed by atoms with van der Waals surface area (Å²) in [7, 11) is 2.91. The molecule has 0 aliphatic carbocycles. The molecule has 0 saturated carbocycles. The fourth-order valence-electron chi connectivity index (χ4n) is 0.669. The Balaban J connectivity index is 3.28. The fourth-order valence-corrected chi connectivity index (χ4v) is 0.669. The highest BCUT2D eigenvalue weighted by atomic mass is 16.5. The van der Waals surface area contributed by atoms with Crippen LogP contribution in [0, 0.1) is 0 Å². The van der Waals surface area contributed by atoms with Gasteiger partial charge in [-0.2, -0.15) is 0 Å². The molecule has 10 heavy (non-hydrogen) atoms. The van der Waals surface area contributed by atoms with Crippen molar-refractivity contribution in [1.29, 1.82) is 0 Å². The Kier molecular flexibility index (Phi) is 1.43. The molecule has 0 fully saturated rings. The molecule has 0 unspecified atom stereocenters. The normalized spacial score (nSPS) is 11.8. The van der Waals surface area contributed by atoms with Gasteiger partial charge < -0.3 is 9.47 Å². The number of para-hydroxylation sites is 2. The standard InChI is InChI=1S/C8H10O2/c1-9-7-5-3-4-6-8(7)10-2/h3-6H,1-2H3/i5D,6D. The van der Waals surface area contributed by atoms with Crippen LogP contribution in [0.5, 0.6) is 11.5 Å². The Bertz CT molecular complexity index is 258. The third kappa shape index (κ3) is 1.21. The van der Waals surface area contributed by atoms with Gasteiger partial charge in [0.15, 0.2) is 11.5 Å². The lowest BCUT2D eigenvalue weighted by molar-refractivity contribution is 0.355. The van der Waals surface area contributed by atoms with E-state index < -0.39 is 0 Å². The molecule has 0 amide bonds. The van der Waals surface area contributed by atoms with Gasteiger partial charge in [-0.1, -0.05) is 12.1 Å². The molecule has 2 nitrogen and oxygen atoms in total. The zero-order chi connectivity index (χ0) is 9.14. The lowest BCUT2D eigenvalue weighted by Gasteiger charge is -2.04. The first-order valence-electron chi connectivity index (χ1n) is 3.89. The maximum absolute atomic E-state index is 7.42. The van der Waals surface area contributed by atoms with Gasteiger partial charge in [-0.3, -0.25) is 0 Å². The van der Waals surface area contributed by atoms with E-state index >= 15 is 0 Å². The second-order valence-electron chi connectivity index (χ2n) is 1.69. The topological polar surface area (TPSA) is 18.5 Å². The maximum Gasteiger partial charge on any atom is 0.160 e. The van der Waals surface area contributed by atoms with Gasteiger partial charge >= 0.3 is 0 Å². The summed E-state index contributed by atoms with van der Waals surface area (Å²) in [5.74, 6) is 0.620. The quantitative estimate of drug-likeness (QED) is 0.622. The molecule has 0 atom stereocenters. The molecule has 0 saturated heterocycles. The highest BCUT2D eigenvalue weighted by Crippen LogP contribution is 2.24. The Hall–Kier alpha value is -1.18. The van der Waals surface area contributed by atoms with E-state index in [4.69, 9.17) is 12.2 Å². The first-order chi connectivity index (χ1) is 5.70. The van der Waals surface area contributed by atoms with Gasteiger partial charge in [-0.15, -0.1) is 0 Å². The number of rotatable bonds is 2. The van der Waals surface area contributed by atoms with Crippen LogP contribution in [0.2, 0.25) is 0 Å². The minimum atomic E-state index is 0.227. The molecule has 54 valence electrons. The van der Waals surface area contributed by atoms with E-state index in [0.29, 0.717) is 11.5 Å². The van der Waals surface area contributed by atoms with Gasteiger partial charge in [0.05, 0.1) is 17.0 Å². The monoisotopic (exact) mass is 140 g/mol. The summed E-state index contributed by atoms with van der Waals surface area (Å²) in [4.78, 5) is 0. The van der Waals surface area contributed by atoms with Gasteiger partial charge in [-0.25, -0.2) is 0 Å². The van der Waals surface area contributed by atoms with Crippen LogP contribution in [0.25, 0.3) is 0 Å². The molecule has 1 aromatic carbocycles. The van der Waals surface area contributed by atoms with Crippen LogP contribution in [0.1, 0.15) is 2.74 Å². The highest BCUT2D eigenvalue weighted by molar-refractivity contribution is 5.38. The molecule has 0 spiro atoms. The van der Waals surface area contributed by atoms with Crippen LogP contribution in [-0.4, -0.2) is 14.2 Å². The molecular weight excluding hydrogens is 128 g/mol. The molecule has 2 heteroatoms. The van der Waals surface area contributed by atoms with E-state index in [0.717, 1.165) is 0 Å². The molecule has 1 rings (SSSR count). The number of benzene rings is 1. The van der Waals surface area contributed by atoms with Crippen molar-refractivity contribution in [3.05, 3.63) is 24.2 Å². The van der Waals surface area contributed by atoms with Crippen LogP contribution in [0.4, 0.5) is 0 Å². The summed E-state index contributed by atoms with van der Waals surface area (Å²) in [5, 5.41) is 0. The molecular formula is C8H10O2. The van der Waals surface area contributed by atoms with E-state index in [1.54, 1.807) is 0 Å². The minimum Gasteiger partial charge on any atom is -0.493 e. The molecule has 0 aliphatic heterocycles. The van der Waals surface area contributed by atoms with Crippen molar-refractivity contribution >= 4 is 0 Å². The second kappa shape index (κ2) is 3.11. The van der Waals surface area contributed by atoms with Crippen molar-refractivity contribution in [3.8, 4) is 11.5 Å². The fraction of sp³-hybridized carbons (Fsp3) is 0.250. The van der Waals surface area contributed by atoms with Crippen molar-refractivity contribution < 1.29 is 12.2 Å². The van der Waals surface area contributed by atoms with Gasteiger partial charge in [0.1, 0.15) is 0 Å². The summed E-state index contributed by atoms with van der Waals surface area (Å²) in [5.41, 5.74) is 0. The predicted molar refractivity (Wildman–Crippen MR) is 39.5 cm³/mol. The number of ether oxygens (including phenoxy) is 2. The number of hydrogen-bond donors (Lipinski definition) is 0. The van der Waals surface area contributed by atoms with Crippen molar-refractivity contribution in [3.63, 3.8) is 0 Å². The van der Waals surface area contributed by atoms with Crippen molar-refractivity contribution in [2.24, 2.45) is 0 Å². The van der Waals surface area contributed by atoms with Crippen molar-refractivity contribution in [2.75, 3.05) is 14.2 Å². The van der Waals surface area contributed by atoms with Gasteiger partial charge in [-0.05, 0) is 12.1 Å². The summed E-state index contributed by atoms with van der Waals surface area (Å²) < 4.78 is 24.7. The molecule has 0 aromatic heterocycles. The van der Waals surface area contributed by atoms with Crippen LogP contribution < -0.4 is 9.47 Å². The lowest BCUT2D eigenvalue weighted by atomic mass is 10.3. The predicted octanol–water partition coefficient (Wildman–Crippen LogP) is 1.70. The molecule has 0 heterocycles. The average Bonchev–Trinajstić information content (AvgIpc) is 2.08. The van der Waals surface area contributed by atoms with Crippen LogP contribution in [0.15, 0.2) is 24.2 Å². The van der Waals surface area contributed by atoms with Gasteiger partial charge in [0, 0.05) is 0 Å². The van der Waals surface area contributed by atoms with E-state index in [-0.39, 0.29) is 12.1 Å². The Morgan fingerprint density at radius 1 is 1.10 bits per heavy atom. The SMILES string of the molecule is [2H]c1ccc([2H])c(OC)c1OC. The van der Waals surface area contributed by atoms with Crippen molar-refractivity contribution in [1.82, 2.24) is 0 Å². The lowest BCUT2D eigenvalue weighted by Crippen LogP contribution is -1.88. The van der Waals surface area contributed by atoms with Crippen LogP contribution in [0.3, 0.4) is 0 Å². The highest BCUT2D eigenvalue weighted by Gasteiger charge is 1.97. The minimum absolute atomic E-state index is 0.227. The average molecular weight is 140 g/mol. The molecule has 0 bridgehead atoms. The van der Waals surface area contributed by atoms with E-state index in [1.165, 1.54) is 26.4 Å². The molecule has 0 radical (unpaired) electrons. The summed E-state index contributed by atoms with van der Waals surface area (Å²) in [6.07, 6.45) is 0. The summed E-state index contributed by atoms with van der Waals surface area (Å²) >= 11 is 0. The molecule has 0 aliphatic rings. The van der Waals surface area contributed by atoms with Gasteiger partial charge in [0.2, 0.25) is 0 Å². The van der Waals surface area contributed by atoms with E-state index in [2.05, 4.69) is 0 Å². The van der Waals surface area contributed by atoms with Crippen LogP contribution >= 0.6 is 0 Å². The third-order valence-corrected chi connectivity index (χ3v) is 1.13. The Morgan fingerprint density at radius 3 is 1.80 bits per heavy atom. The maximum atomic E-state index is 7.42. The van der Waals surface area contributed by atoms with Crippen LogP contribution in [-0.2, 0) is 0 Å². The van der Waals surface area contributed by atoms with Crippen molar-refractivity contribution in [2.45, 2.75) is 0 Å². The second-order valence-corrected chi connectivity index (χ2v) is 1.69. The van der Waals surface area contributed by atoms with E-state index in [9.17, 15) is 0 Å². The molecule has 0 N–H and O–H groups in total. The molecule has 1 aromatic rings. The number of methoxy groups -OCH3 is 2. The smallest absolute Gasteiger partial charge is 0.160 e. The third-order valence-electron chi connectivity index (χ3n) is 1.13. The first-order valence-corrected chi connectivity index (χ1v) is 2.89. The Labute approximate surface area is 63.2 Å². The first kappa shape index (κ1) is 4.61. The summed E-state index contributed by atoms with van der Waals surface area (Å²) in [6, 6.07) is 3.46. The Morgan fingerprint density at radius 2 is 1.50 bits per heavy atom. The van der Waals surface area contributed by atoms with E-state index in [1.807, 2.05) is 0 Å². The zero-order valence-electron chi connectivity index (χ0n) is 7.97. The largest absolute Gasteiger partial charge is 0.493 e. The zero-order valence-corrected chi connectivity index (χ0v) is 5.97. The number of hydrogen-bond acceptors (Lipinski definition) is 2. The van der Waals surface area contributed by atoms with Gasteiger partial charge in [0.25, 0.3) is 0 Å².